The first-order valence-electron chi connectivity index (χ1n) is 6.84. The Balaban J connectivity index is 1.70. The Morgan fingerprint density at radius 2 is 1.94 bits per heavy atom. The van der Waals surface area contributed by atoms with E-state index in [0.717, 1.165) is 52.0 Å². The standard InChI is InChI=1S/C13H22FNO2/c14-13(2-5-15-10-13)11-1-6-17-12(9-11)3-7-16-8-4-12/h11,15H,1-10H2. The van der Waals surface area contributed by atoms with Gasteiger partial charge >= 0.3 is 0 Å². The number of nitrogens with one attached hydrogen (secondary N) is 1. The molecule has 3 nitrogen and oxygen atoms in total. The zero-order chi connectivity index (χ0) is 11.8. The van der Waals surface area contributed by atoms with E-state index in [0.29, 0.717) is 13.0 Å². The first-order chi connectivity index (χ1) is 8.23. The molecule has 1 N–H and O–H groups in total. The fourth-order valence-corrected chi connectivity index (χ4v) is 3.59. The van der Waals surface area contributed by atoms with Gasteiger partial charge in [-0.05, 0) is 44.6 Å². The minimum absolute atomic E-state index is 0.0805. The summed E-state index contributed by atoms with van der Waals surface area (Å²) in [4.78, 5) is 0. The third-order valence-corrected chi connectivity index (χ3v) is 4.76. The van der Waals surface area contributed by atoms with Gasteiger partial charge < -0.3 is 14.8 Å². The van der Waals surface area contributed by atoms with Gasteiger partial charge in [0.25, 0.3) is 0 Å². The van der Waals surface area contributed by atoms with E-state index < -0.39 is 5.67 Å². The SMILES string of the molecule is FC1(C2CCOC3(CCOCC3)C2)CCNC1. The summed E-state index contributed by atoms with van der Waals surface area (Å²) in [6.45, 7) is 3.61. The lowest BCUT2D eigenvalue weighted by molar-refractivity contribution is -0.162. The first-order valence-corrected chi connectivity index (χ1v) is 6.84. The van der Waals surface area contributed by atoms with Gasteiger partial charge in [0.2, 0.25) is 0 Å². The maximum absolute atomic E-state index is 14.8. The van der Waals surface area contributed by atoms with Crippen molar-refractivity contribution in [1.82, 2.24) is 5.32 Å². The maximum atomic E-state index is 14.8. The van der Waals surface area contributed by atoms with Gasteiger partial charge in [0.1, 0.15) is 5.67 Å². The van der Waals surface area contributed by atoms with Crippen molar-refractivity contribution in [2.24, 2.45) is 5.92 Å². The van der Waals surface area contributed by atoms with Gasteiger partial charge in [-0.2, -0.15) is 0 Å². The molecule has 1 spiro atoms. The fraction of sp³-hybridized carbons (Fsp3) is 1.00. The van der Waals surface area contributed by atoms with Crippen molar-refractivity contribution in [3.8, 4) is 0 Å². The van der Waals surface area contributed by atoms with Crippen LogP contribution in [0.1, 0.15) is 32.1 Å². The summed E-state index contributed by atoms with van der Waals surface area (Å²) in [5, 5.41) is 3.16. The van der Waals surface area contributed by atoms with Crippen LogP contribution in [0.3, 0.4) is 0 Å². The first kappa shape index (κ1) is 11.9. The fourth-order valence-electron chi connectivity index (χ4n) is 3.59. The van der Waals surface area contributed by atoms with Crippen molar-refractivity contribution in [1.29, 1.82) is 0 Å². The molecule has 98 valence electrons. The van der Waals surface area contributed by atoms with Gasteiger partial charge in [-0.25, -0.2) is 4.39 Å². The van der Waals surface area contributed by atoms with Crippen LogP contribution < -0.4 is 5.32 Å². The predicted molar refractivity (Wildman–Crippen MR) is 62.8 cm³/mol. The van der Waals surface area contributed by atoms with E-state index in [9.17, 15) is 4.39 Å². The predicted octanol–water partition coefficient (Wildman–Crippen LogP) is 1.66. The van der Waals surface area contributed by atoms with Crippen LogP contribution in [0.4, 0.5) is 4.39 Å². The molecule has 2 atom stereocenters. The molecule has 0 aromatic rings. The average Bonchev–Trinajstić information content (AvgIpc) is 2.79. The number of rotatable bonds is 1. The summed E-state index contributed by atoms with van der Waals surface area (Å²) in [6.07, 6.45) is 4.31. The van der Waals surface area contributed by atoms with Gasteiger partial charge in [0.05, 0.1) is 5.60 Å². The zero-order valence-electron chi connectivity index (χ0n) is 10.3. The lowest BCUT2D eigenvalue weighted by Gasteiger charge is -2.46. The Bertz CT molecular complexity index is 267. The Labute approximate surface area is 102 Å². The molecule has 3 rings (SSSR count). The molecule has 0 radical (unpaired) electrons. The van der Waals surface area contributed by atoms with Crippen molar-refractivity contribution >= 4 is 0 Å². The summed E-state index contributed by atoms with van der Waals surface area (Å²) in [7, 11) is 0. The molecule has 0 saturated carbocycles. The molecule has 3 saturated heterocycles. The maximum Gasteiger partial charge on any atom is 0.127 e. The normalized spacial score (nSPS) is 41.8. The molecule has 0 aliphatic carbocycles. The highest BCUT2D eigenvalue weighted by Crippen LogP contribution is 2.44. The molecule has 0 aromatic heterocycles. The molecule has 0 bridgehead atoms. The van der Waals surface area contributed by atoms with Crippen LogP contribution in [0.5, 0.6) is 0 Å². The number of hydrogen-bond acceptors (Lipinski definition) is 3. The van der Waals surface area contributed by atoms with E-state index in [1.165, 1.54) is 0 Å². The summed E-state index contributed by atoms with van der Waals surface area (Å²) >= 11 is 0. The van der Waals surface area contributed by atoms with E-state index in [-0.39, 0.29) is 11.5 Å². The van der Waals surface area contributed by atoms with E-state index in [2.05, 4.69) is 5.32 Å². The molecular formula is C13H22FNO2. The molecule has 0 amide bonds. The largest absolute Gasteiger partial charge is 0.381 e. The van der Waals surface area contributed by atoms with Crippen LogP contribution in [-0.4, -0.2) is 44.2 Å². The molecule has 3 fully saturated rings. The van der Waals surface area contributed by atoms with Crippen LogP contribution in [0.15, 0.2) is 0 Å². The smallest absolute Gasteiger partial charge is 0.127 e. The molecule has 3 aliphatic rings. The van der Waals surface area contributed by atoms with Crippen LogP contribution in [0.25, 0.3) is 0 Å². The Morgan fingerprint density at radius 3 is 2.65 bits per heavy atom. The van der Waals surface area contributed by atoms with Gasteiger partial charge in [-0.15, -0.1) is 0 Å². The molecular weight excluding hydrogens is 221 g/mol. The topological polar surface area (TPSA) is 30.5 Å². The van der Waals surface area contributed by atoms with E-state index in [4.69, 9.17) is 9.47 Å². The van der Waals surface area contributed by atoms with Crippen molar-refractivity contribution in [3.05, 3.63) is 0 Å². The van der Waals surface area contributed by atoms with Crippen LogP contribution in [0, 0.1) is 5.92 Å². The lowest BCUT2D eigenvalue weighted by Crippen LogP contribution is -2.50. The van der Waals surface area contributed by atoms with E-state index in [1.807, 2.05) is 0 Å². The van der Waals surface area contributed by atoms with E-state index >= 15 is 0 Å². The van der Waals surface area contributed by atoms with Gasteiger partial charge in [-0.1, -0.05) is 0 Å². The quantitative estimate of drug-likeness (QED) is 0.760. The third kappa shape index (κ3) is 2.23. The van der Waals surface area contributed by atoms with Crippen LogP contribution in [-0.2, 0) is 9.47 Å². The second-order valence-electron chi connectivity index (χ2n) is 5.79. The minimum Gasteiger partial charge on any atom is -0.381 e. The van der Waals surface area contributed by atoms with Gasteiger partial charge in [-0.3, -0.25) is 0 Å². The Hall–Kier alpha value is -0.190. The second-order valence-corrected chi connectivity index (χ2v) is 5.79. The molecule has 2 unspecified atom stereocenters. The summed E-state index contributed by atoms with van der Waals surface area (Å²) in [5.41, 5.74) is -1.07. The van der Waals surface area contributed by atoms with Crippen molar-refractivity contribution in [3.63, 3.8) is 0 Å². The van der Waals surface area contributed by atoms with Gasteiger partial charge in [0.15, 0.2) is 0 Å². The minimum atomic E-state index is -0.991. The highest BCUT2D eigenvalue weighted by molar-refractivity contribution is 5.00. The molecule has 4 heteroatoms. The zero-order valence-corrected chi connectivity index (χ0v) is 10.3. The molecule has 3 heterocycles. The number of alkyl halides is 1. The molecule has 3 aliphatic heterocycles. The lowest BCUT2D eigenvalue weighted by atomic mass is 9.73. The average molecular weight is 243 g/mol. The van der Waals surface area contributed by atoms with Crippen LogP contribution in [0.2, 0.25) is 0 Å². The number of hydrogen-bond donors (Lipinski definition) is 1. The third-order valence-electron chi connectivity index (χ3n) is 4.76. The van der Waals surface area contributed by atoms with Gasteiger partial charge in [0, 0.05) is 26.4 Å². The van der Waals surface area contributed by atoms with Crippen molar-refractivity contribution < 1.29 is 13.9 Å². The van der Waals surface area contributed by atoms with Crippen LogP contribution >= 0.6 is 0 Å². The summed E-state index contributed by atoms with van der Waals surface area (Å²) in [6, 6.07) is 0. The highest BCUT2D eigenvalue weighted by atomic mass is 19.1. The monoisotopic (exact) mass is 243 g/mol. The van der Waals surface area contributed by atoms with Crippen molar-refractivity contribution in [2.75, 3.05) is 32.9 Å². The molecule has 0 aromatic carbocycles. The number of halogens is 1. The summed E-state index contributed by atoms with van der Waals surface area (Å²) < 4.78 is 26.2. The molecule has 17 heavy (non-hydrogen) atoms. The number of ether oxygens (including phenoxy) is 2. The highest BCUT2D eigenvalue weighted by Gasteiger charge is 2.48. The second kappa shape index (κ2) is 4.48. The van der Waals surface area contributed by atoms with E-state index in [1.54, 1.807) is 0 Å². The van der Waals surface area contributed by atoms with Crippen molar-refractivity contribution in [2.45, 2.75) is 43.4 Å². The Morgan fingerprint density at radius 1 is 1.12 bits per heavy atom. The summed E-state index contributed by atoms with van der Waals surface area (Å²) in [5.74, 6) is 0.171. The Kier molecular flexibility index (Phi) is 3.13.